The molecule has 0 aromatic carbocycles. The highest BCUT2D eigenvalue weighted by molar-refractivity contribution is 5.73. The van der Waals surface area contributed by atoms with Crippen LogP contribution in [0.1, 0.15) is 6.42 Å². The van der Waals surface area contributed by atoms with Gasteiger partial charge in [0.15, 0.2) is 0 Å². The summed E-state index contributed by atoms with van der Waals surface area (Å²) in [5.41, 5.74) is 6.65. The maximum absolute atomic E-state index is 9.91. The molecule has 0 aliphatic carbocycles. The molecule has 48 valence electrons. The molecule has 3 N–H and O–H groups in total. The van der Waals surface area contributed by atoms with E-state index in [1.54, 1.807) is 0 Å². The monoisotopic (exact) mass is 125 g/mol. The molecule has 0 saturated carbocycles. The van der Waals surface area contributed by atoms with Crippen LogP contribution in [0.4, 0.5) is 4.79 Å². The van der Waals surface area contributed by atoms with Crippen molar-refractivity contribution in [3.8, 4) is 12.3 Å². The van der Waals surface area contributed by atoms with Crippen LogP contribution in [0.2, 0.25) is 0 Å². The summed E-state index contributed by atoms with van der Waals surface area (Å²) in [7, 11) is 0. The molecule has 0 spiro atoms. The van der Waals surface area contributed by atoms with Gasteiger partial charge in [0.05, 0.1) is 0 Å². The number of primary amides is 1. The molecule has 0 bridgehead atoms. The Bertz CT molecular complexity index is 156. The number of urea groups is 1. The Balaban J connectivity index is 3.28. The topological polar surface area (TPSA) is 67.5 Å². The van der Waals surface area contributed by atoms with Gasteiger partial charge in [0.2, 0.25) is 0 Å². The van der Waals surface area contributed by atoms with Crippen molar-refractivity contribution in [3.05, 3.63) is 0 Å². The second-order valence-electron chi connectivity index (χ2n) is 1.20. The zero-order valence-corrected chi connectivity index (χ0v) is 4.79. The molecule has 0 unspecified atom stereocenters. The Hall–Kier alpha value is -1.50. The van der Waals surface area contributed by atoms with Crippen molar-refractivity contribution in [3.63, 3.8) is 0 Å². The standard InChI is InChI=1S/C5H7N3O/c1-2-3-4-7-8-5(6)9/h1,4H,3H2,(H3,6,8,9). The lowest BCUT2D eigenvalue weighted by Crippen LogP contribution is -2.24. The minimum atomic E-state index is -0.691. The first kappa shape index (κ1) is 7.50. The number of amides is 2. The molecule has 4 heteroatoms. The lowest BCUT2D eigenvalue weighted by atomic mass is 10.5. The molecule has 0 aromatic rings. The highest BCUT2D eigenvalue weighted by atomic mass is 16.2. The molecule has 0 heterocycles. The van der Waals surface area contributed by atoms with E-state index in [4.69, 9.17) is 6.42 Å². The SMILES string of the molecule is C#CCC=NNC(N)=O. The van der Waals surface area contributed by atoms with Crippen LogP contribution in [0, 0.1) is 12.3 Å². The van der Waals surface area contributed by atoms with Gasteiger partial charge >= 0.3 is 6.03 Å². The molecule has 0 radical (unpaired) electrons. The highest BCUT2D eigenvalue weighted by Gasteiger charge is 1.80. The van der Waals surface area contributed by atoms with E-state index in [0.717, 1.165) is 0 Å². The third-order valence-electron chi connectivity index (χ3n) is 0.475. The Morgan fingerprint density at radius 2 is 2.67 bits per heavy atom. The number of hydrazone groups is 1. The van der Waals surface area contributed by atoms with E-state index in [2.05, 4.69) is 16.8 Å². The van der Waals surface area contributed by atoms with Gasteiger partial charge in [0.1, 0.15) is 0 Å². The zero-order chi connectivity index (χ0) is 7.11. The van der Waals surface area contributed by atoms with Crippen LogP contribution in [0.25, 0.3) is 0 Å². The summed E-state index contributed by atoms with van der Waals surface area (Å²) in [6.07, 6.45) is 6.63. The Kier molecular flexibility index (Phi) is 3.88. The molecule has 0 atom stereocenters. The summed E-state index contributed by atoms with van der Waals surface area (Å²) in [5, 5.41) is 3.37. The lowest BCUT2D eigenvalue weighted by molar-refractivity contribution is 0.249. The van der Waals surface area contributed by atoms with E-state index >= 15 is 0 Å². The van der Waals surface area contributed by atoms with E-state index in [9.17, 15) is 4.79 Å². The number of hydrogen-bond donors (Lipinski definition) is 2. The Labute approximate surface area is 53.1 Å². The molecule has 4 nitrogen and oxygen atoms in total. The van der Waals surface area contributed by atoms with E-state index in [-0.39, 0.29) is 0 Å². The second-order valence-corrected chi connectivity index (χ2v) is 1.20. The molecule has 0 fully saturated rings. The van der Waals surface area contributed by atoms with Crippen molar-refractivity contribution in [2.75, 3.05) is 0 Å². The van der Waals surface area contributed by atoms with Gasteiger partial charge in [-0.2, -0.15) is 5.10 Å². The van der Waals surface area contributed by atoms with Gasteiger partial charge in [-0.1, -0.05) is 0 Å². The van der Waals surface area contributed by atoms with Crippen LogP contribution < -0.4 is 11.2 Å². The maximum Gasteiger partial charge on any atom is 0.332 e. The average Bonchev–Trinajstić information content (AvgIpc) is 1.80. The predicted octanol–water partition coefficient (Wildman–Crippen LogP) is -0.336. The molecule has 0 rings (SSSR count). The van der Waals surface area contributed by atoms with Gasteiger partial charge < -0.3 is 5.73 Å². The number of terminal acetylenes is 1. The van der Waals surface area contributed by atoms with Gasteiger partial charge in [0.25, 0.3) is 0 Å². The summed E-state index contributed by atoms with van der Waals surface area (Å²) in [4.78, 5) is 9.91. The first-order valence-corrected chi connectivity index (χ1v) is 2.28. The number of rotatable bonds is 2. The zero-order valence-electron chi connectivity index (χ0n) is 4.79. The van der Waals surface area contributed by atoms with Crippen molar-refractivity contribution in [2.45, 2.75) is 6.42 Å². The Morgan fingerprint density at radius 3 is 3.11 bits per heavy atom. The van der Waals surface area contributed by atoms with Crippen LogP contribution >= 0.6 is 0 Å². The summed E-state index contributed by atoms with van der Waals surface area (Å²) < 4.78 is 0. The van der Waals surface area contributed by atoms with Crippen molar-refractivity contribution >= 4 is 12.2 Å². The molecule has 0 aliphatic heterocycles. The molecule has 0 aromatic heterocycles. The van der Waals surface area contributed by atoms with Gasteiger partial charge in [-0.3, -0.25) is 0 Å². The fourth-order valence-electron chi connectivity index (χ4n) is 0.208. The minimum absolute atomic E-state index is 0.389. The van der Waals surface area contributed by atoms with Crippen LogP contribution in [-0.2, 0) is 0 Å². The van der Waals surface area contributed by atoms with E-state index in [1.807, 2.05) is 5.43 Å². The van der Waals surface area contributed by atoms with E-state index in [0.29, 0.717) is 6.42 Å². The number of nitrogens with one attached hydrogen (secondary N) is 1. The van der Waals surface area contributed by atoms with Crippen molar-refractivity contribution < 1.29 is 4.79 Å². The number of nitrogens with two attached hydrogens (primary N) is 1. The third kappa shape index (κ3) is 6.50. The minimum Gasteiger partial charge on any atom is -0.350 e. The van der Waals surface area contributed by atoms with Gasteiger partial charge in [-0.15, -0.1) is 12.3 Å². The highest BCUT2D eigenvalue weighted by Crippen LogP contribution is 1.64. The maximum atomic E-state index is 9.91. The average molecular weight is 125 g/mol. The summed E-state index contributed by atoms with van der Waals surface area (Å²) in [6.45, 7) is 0. The third-order valence-corrected chi connectivity index (χ3v) is 0.475. The molecule has 2 amide bonds. The lowest BCUT2D eigenvalue weighted by Gasteiger charge is -1.86. The first-order valence-electron chi connectivity index (χ1n) is 2.28. The van der Waals surface area contributed by atoms with Crippen LogP contribution in [0.15, 0.2) is 5.10 Å². The van der Waals surface area contributed by atoms with Gasteiger partial charge in [-0.25, -0.2) is 10.2 Å². The van der Waals surface area contributed by atoms with Gasteiger partial charge in [0, 0.05) is 12.6 Å². The molecular formula is C5H7N3O. The van der Waals surface area contributed by atoms with Crippen LogP contribution in [0.3, 0.4) is 0 Å². The number of carbonyl (C=O) groups excluding carboxylic acids is 1. The summed E-state index contributed by atoms with van der Waals surface area (Å²) in [5.74, 6) is 2.30. The summed E-state index contributed by atoms with van der Waals surface area (Å²) in [6, 6.07) is -0.691. The van der Waals surface area contributed by atoms with Crippen LogP contribution in [0.5, 0.6) is 0 Å². The molecule has 9 heavy (non-hydrogen) atoms. The largest absolute Gasteiger partial charge is 0.350 e. The fourth-order valence-corrected chi connectivity index (χ4v) is 0.208. The normalized spacial score (nSPS) is 8.78. The van der Waals surface area contributed by atoms with Crippen molar-refractivity contribution in [1.29, 1.82) is 0 Å². The first-order chi connectivity index (χ1) is 4.27. The van der Waals surface area contributed by atoms with E-state index < -0.39 is 6.03 Å². The predicted molar refractivity (Wildman–Crippen MR) is 34.7 cm³/mol. The molecule has 0 saturated heterocycles. The molecular weight excluding hydrogens is 118 g/mol. The Morgan fingerprint density at radius 1 is 2.00 bits per heavy atom. The van der Waals surface area contributed by atoms with Crippen LogP contribution in [-0.4, -0.2) is 12.2 Å². The quantitative estimate of drug-likeness (QED) is 0.296. The smallest absolute Gasteiger partial charge is 0.332 e. The molecule has 0 aliphatic rings. The van der Waals surface area contributed by atoms with Gasteiger partial charge in [-0.05, 0) is 0 Å². The fraction of sp³-hybridized carbons (Fsp3) is 0.200. The van der Waals surface area contributed by atoms with Crippen molar-refractivity contribution in [1.82, 2.24) is 5.43 Å². The summed E-state index contributed by atoms with van der Waals surface area (Å²) >= 11 is 0. The number of nitrogens with zero attached hydrogens (tertiary/aromatic N) is 1. The second kappa shape index (κ2) is 4.65. The number of hydrogen-bond acceptors (Lipinski definition) is 2. The van der Waals surface area contributed by atoms with E-state index in [1.165, 1.54) is 6.21 Å². The van der Waals surface area contributed by atoms with Crippen molar-refractivity contribution in [2.24, 2.45) is 10.8 Å². The number of carbonyl (C=O) groups is 1.